The molecule has 1 aliphatic heterocycles. The largest absolute Gasteiger partial charge is 0.466 e. The van der Waals surface area contributed by atoms with E-state index in [1.54, 1.807) is 0 Å². The average Bonchev–Trinajstić information content (AvgIpc) is 2.96. The van der Waals surface area contributed by atoms with Gasteiger partial charge in [-0.05, 0) is 25.5 Å². The molecule has 1 unspecified atom stereocenters. The minimum absolute atomic E-state index is 0.0393. The Kier molecular flexibility index (Phi) is 11.6. The van der Waals surface area contributed by atoms with Crippen LogP contribution < -0.4 is 5.32 Å². The third-order valence-corrected chi connectivity index (χ3v) is 7.26. The molecule has 0 saturated heterocycles. The first-order valence-electron chi connectivity index (χ1n) is 14.6. The summed E-state index contributed by atoms with van der Waals surface area (Å²) in [5, 5.41) is 14.9. The molecular weight excluding hydrogens is 553 g/mol. The molecule has 0 bridgehead atoms. The summed E-state index contributed by atoms with van der Waals surface area (Å²) in [4.78, 5) is 40.2. The minimum atomic E-state index is -1.26. The van der Waals surface area contributed by atoms with Crippen molar-refractivity contribution in [1.82, 2.24) is 10.2 Å². The van der Waals surface area contributed by atoms with Crippen molar-refractivity contribution in [2.75, 3.05) is 27.3 Å². The first kappa shape index (κ1) is 33.5. The smallest absolute Gasteiger partial charge is 0.336 e. The number of hydrogen-bond acceptors (Lipinski definition) is 8. The van der Waals surface area contributed by atoms with Crippen LogP contribution >= 0.6 is 0 Å². The highest BCUT2D eigenvalue weighted by Gasteiger charge is 2.42. The van der Waals surface area contributed by atoms with Crippen LogP contribution in [0.2, 0.25) is 0 Å². The molecule has 0 radical (unpaired) electrons. The summed E-state index contributed by atoms with van der Waals surface area (Å²) in [6.07, 6.45) is 2.14. The van der Waals surface area contributed by atoms with E-state index in [-0.39, 0.29) is 23.3 Å². The zero-order valence-electron chi connectivity index (χ0n) is 25.9. The summed E-state index contributed by atoms with van der Waals surface area (Å²) >= 11 is 0. The van der Waals surface area contributed by atoms with E-state index >= 15 is 4.39 Å². The Morgan fingerprint density at radius 3 is 2.16 bits per heavy atom. The van der Waals surface area contributed by atoms with E-state index in [4.69, 9.17) is 9.47 Å². The third-order valence-electron chi connectivity index (χ3n) is 7.26. The third kappa shape index (κ3) is 8.28. The Morgan fingerprint density at radius 1 is 1.00 bits per heavy atom. The molecule has 0 saturated carbocycles. The Balaban J connectivity index is 2.02. The number of carbonyl (C=O) groups excluding carboxylic acids is 2. The highest BCUT2D eigenvalue weighted by molar-refractivity contribution is 6.00. The van der Waals surface area contributed by atoms with Crippen LogP contribution in [0.5, 0.6) is 0 Å². The molecule has 1 atom stereocenters. The number of dihydropyridines is 1. The predicted molar refractivity (Wildman–Crippen MR) is 162 cm³/mol. The summed E-state index contributed by atoms with van der Waals surface area (Å²) in [5.41, 5.74) is 0.885. The summed E-state index contributed by atoms with van der Waals surface area (Å²) in [7, 11) is 3.20. The van der Waals surface area contributed by atoms with Crippen LogP contribution in [0.25, 0.3) is 0 Å². The number of hydrogen-bond donors (Lipinski definition) is 1. The van der Waals surface area contributed by atoms with Crippen LogP contribution in [0.4, 0.5) is 10.1 Å². The lowest BCUT2D eigenvalue weighted by Crippen LogP contribution is -2.37. The summed E-state index contributed by atoms with van der Waals surface area (Å²) in [6, 6.07) is 13.8. The molecule has 3 rings (SSSR count). The van der Waals surface area contributed by atoms with E-state index in [9.17, 15) is 19.7 Å². The highest BCUT2D eigenvalue weighted by Crippen LogP contribution is 2.43. The van der Waals surface area contributed by atoms with Crippen LogP contribution in [0.1, 0.15) is 70.4 Å². The molecule has 1 aliphatic rings. The van der Waals surface area contributed by atoms with Gasteiger partial charge >= 0.3 is 17.6 Å². The number of halogens is 1. The van der Waals surface area contributed by atoms with Gasteiger partial charge in [-0.25, -0.2) is 9.59 Å². The molecule has 43 heavy (non-hydrogen) atoms. The molecule has 0 amide bonds. The highest BCUT2D eigenvalue weighted by atomic mass is 19.1. The fourth-order valence-corrected chi connectivity index (χ4v) is 5.57. The molecule has 0 spiro atoms. The van der Waals surface area contributed by atoms with Crippen LogP contribution in [-0.4, -0.2) is 49.1 Å². The average molecular weight is 596 g/mol. The maximum atomic E-state index is 15.8. The molecule has 2 aromatic carbocycles. The fraction of sp³-hybridized carbons (Fsp3) is 0.455. The minimum Gasteiger partial charge on any atom is -0.466 e. The summed E-state index contributed by atoms with van der Waals surface area (Å²) < 4.78 is 26.8. The molecular formula is C33H42FN3O6. The van der Waals surface area contributed by atoms with E-state index in [1.165, 1.54) is 19.2 Å². The van der Waals surface area contributed by atoms with E-state index in [0.29, 0.717) is 43.6 Å². The first-order valence-corrected chi connectivity index (χ1v) is 14.6. The van der Waals surface area contributed by atoms with Gasteiger partial charge < -0.3 is 19.7 Å². The maximum absolute atomic E-state index is 15.8. The molecule has 1 N–H and O–H groups in total. The van der Waals surface area contributed by atoms with E-state index in [0.717, 1.165) is 18.2 Å². The van der Waals surface area contributed by atoms with Crippen molar-refractivity contribution in [3.8, 4) is 0 Å². The topological polar surface area (TPSA) is 111 Å². The number of ether oxygens (including phenoxy) is 2. The van der Waals surface area contributed by atoms with E-state index in [2.05, 4.69) is 10.2 Å². The Labute approximate surface area is 252 Å². The van der Waals surface area contributed by atoms with Crippen LogP contribution in [0.15, 0.2) is 71.1 Å². The Hall–Kier alpha value is -4.05. The second kappa shape index (κ2) is 14.9. The monoisotopic (exact) mass is 595 g/mol. The Morgan fingerprint density at radius 2 is 1.60 bits per heavy atom. The quantitative estimate of drug-likeness (QED) is 0.152. The SMILES string of the molecule is CCCC1=C(C(=O)OC)C(c2cccc([N+](=O)[O-])c2F)C(C(=O)OCC(C)(C)CN(C)Cc2ccccc2)=C(CCC)N1. The number of methoxy groups -OCH3 is 1. The lowest BCUT2D eigenvalue weighted by Gasteiger charge is -2.34. The van der Waals surface area contributed by atoms with Gasteiger partial charge in [-0.2, -0.15) is 4.39 Å². The summed E-state index contributed by atoms with van der Waals surface area (Å²) in [6.45, 7) is 9.22. The molecule has 0 aliphatic carbocycles. The van der Waals surface area contributed by atoms with Crippen LogP contribution in [0, 0.1) is 21.3 Å². The van der Waals surface area contributed by atoms with Crippen molar-refractivity contribution in [3.63, 3.8) is 0 Å². The molecule has 9 nitrogen and oxygen atoms in total. The van der Waals surface area contributed by atoms with Gasteiger partial charge in [0.2, 0.25) is 5.82 Å². The predicted octanol–water partition coefficient (Wildman–Crippen LogP) is 6.40. The molecule has 2 aromatic rings. The van der Waals surface area contributed by atoms with Crippen molar-refractivity contribution < 1.29 is 28.4 Å². The van der Waals surface area contributed by atoms with E-state index in [1.807, 2.05) is 65.1 Å². The Bertz CT molecular complexity index is 1390. The maximum Gasteiger partial charge on any atom is 0.336 e. The number of rotatable bonds is 14. The van der Waals surface area contributed by atoms with Gasteiger partial charge in [0.25, 0.3) is 0 Å². The van der Waals surface area contributed by atoms with Crippen LogP contribution in [0.3, 0.4) is 0 Å². The van der Waals surface area contributed by atoms with Crippen molar-refractivity contribution >= 4 is 17.6 Å². The van der Waals surface area contributed by atoms with Crippen molar-refractivity contribution in [1.29, 1.82) is 0 Å². The van der Waals surface area contributed by atoms with Crippen LogP contribution in [-0.2, 0) is 25.6 Å². The second-order valence-corrected chi connectivity index (χ2v) is 11.7. The standard InChI is InChI=1S/C33H42FN3O6/c1-7-13-24-28(31(38)42-6)27(23-17-12-18-26(30(23)34)37(40)41)29(25(35-24)14-8-2)32(39)43-21-33(3,4)20-36(5)19-22-15-10-9-11-16-22/h9-12,15-18,27,35H,7-8,13-14,19-21H2,1-6H3. The van der Waals surface area contributed by atoms with Gasteiger partial charge in [0, 0.05) is 41.5 Å². The fourth-order valence-electron chi connectivity index (χ4n) is 5.57. The normalized spacial score (nSPS) is 15.4. The van der Waals surface area contributed by atoms with Gasteiger partial charge in [0.1, 0.15) is 0 Å². The number of esters is 2. The molecule has 0 aromatic heterocycles. The number of nitro benzene ring substituents is 1. The number of nitrogens with one attached hydrogen (secondary N) is 1. The van der Waals surface area contributed by atoms with Crippen molar-refractivity contribution in [2.45, 2.75) is 65.8 Å². The number of benzene rings is 2. The lowest BCUT2D eigenvalue weighted by molar-refractivity contribution is -0.387. The molecule has 0 fully saturated rings. The van der Waals surface area contributed by atoms with Gasteiger partial charge in [-0.1, -0.05) is 83.0 Å². The van der Waals surface area contributed by atoms with Crippen molar-refractivity contribution in [2.24, 2.45) is 5.41 Å². The number of carbonyl (C=O) groups is 2. The van der Waals surface area contributed by atoms with Gasteiger partial charge in [-0.3, -0.25) is 10.1 Å². The van der Waals surface area contributed by atoms with Gasteiger partial charge in [0.05, 0.1) is 35.7 Å². The zero-order chi connectivity index (χ0) is 31.7. The van der Waals surface area contributed by atoms with E-state index < -0.39 is 39.7 Å². The molecule has 1 heterocycles. The summed E-state index contributed by atoms with van der Waals surface area (Å²) in [5.74, 6) is -3.84. The molecule has 10 heteroatoms. The number of nitro groups is 1. The van der Waals surface area contributed by atoms with Gasteiger partial charge in [-0.15, -0.1) is 0 Å². The first-order chi connectivity index (χ1) is 20.4. The molecule has 232 valence electrons. The van der Waals surface area contributed by atoms with Crippen molar-refractivity contribution in [3.05, 3.63) is 98.1 Å². The second-order valence-electron chi connectivity index (χ2n) is 11.7. The van der Waals surface area contributed by atoms with Gasteiger partial charge in [0.15, 0.2) is 0 Å². The number of nitrogens with zero attached hydrogens (tertiary/aromatic N) is 2. The lowest BCUT2D eigenvalue weighted by atomic mass is 9.78. The zero-order valence-corrected chi connectivity index (χ0v) is 25.9. The number of allylic oxidation sites excluding steroid dienone is 2.